The van der Waals surface area contributed by atoms with Gasteiger partial charge in [-0.3, -0.25) is 9.59 Å². The van der Waals surface area contributed by atoms with Gasteiger partial charge in [-0.15, -0.1) is 11.8 Å². The van der Waals surface area contributed by atoms with E-state index in [4.69, 9.17) is 9.84 Å². The molecule has 0 radical (unpaired) electrons. The molecular weight excluding hydrogens is 316 g/mol. The predicted molar refractivity (Wildman–Crippen MR) is 79.1 cm³/mol. The summed E-state index contributed by atoms with van der Waals surface area (Å²) >= 11 is 1.22. The third-order valence-electron chi connectivity index (χ3n) is 2.49. The Bertz CT molecular complexity index is 514. The van der Waals surface area contributed by atoms with E-state index in [1.807, 2.05) is 0 Å². The van der Waals surface area contributed by atoms with Crippen molar-refractivity contribution >= 4 is 23.6 Å². The molecule has 0 saturated carbocycles. The van der Waals surface area contributed by atoms with Crippen LogP contribution in [0.15, 0.2) is 18.2 Å². The van der Waals surface area contributed by atoms with Crippen LogP contribution < -0.4 is 10.1 Å². The number of aliphatic carboxylic acids is 1. The number of carbonyl (C=O) groups excluding carboxylic acids is 1. The summed E-state index contributed by atoms with van der Waals surface area (Å²) in [6.45, 7) is 0.536. The van der Waals surface area contributed by atoms with E-state index < -0.39 is 17.6 Å². The molecule has 8 heteroatoms. The van der Waals surface area contributed by atoms with E-state index in [0.717, 1.165) is 12.1 Å². The highest BCUT2D eigenvalue weighted by Crippen LogP contribution is 2.17. The van der Waals surface area contributed by atoms with Crippen LogP contribution in [0.4, 0.5) is 8.78 Å². The van der Waals surface area contributed by atoms with E-state index >= 15 is 0 Å². The van der Waals surface area contributed by atoms with Gasteiger partial charge in [0, 0.05) is 24.8 Å². The molecule has 0 saturated heterocycles. The average molecular weight is 333 g/mol. The van der Waals surface area contributed by atoms with Crippen molar-refractivity contribution in [2.24, 2.45) is 0 Å². The van der Waals surface area contributed by atoms with Crippen molar-refractivity contribution in [2.45, 2.75) is 12.8 Å². The van der Waals surface area contributed by atoms with Crippen LogP contribution in [-0.2, 0) is 9.59 Å². The number of amides is 1. The number of hydrogen-bond acceptors (Lipinski definition) is 4. The van der Waals surface area contributed by atoms with E-state index in [0.29, 0.717) is 18.7 Å². The van der Waals surface area contributed by atoms with E-state index in [9.17, 15) is 18.4 Å². The molecule has 5 nitrogen and oxygen atoms in total. The second kappa shape index (κ2) is 9.99. The Morgan fingerprint density at radius 1 is 1.32 bits per heavy atom. The summed E-state index contributed by atoms with van der Waals surface area (Å²) in [4.78, 5) is 21.7. The zero-order valence-electron chi connectivity index (χ0n) is 11.8. The molecule has 0 unspecified atom stereocenters. The first-order chi connectivity index (χ1) is 10.5. The van der Waals surface area contributed by atoms with Gasteiger partial charge in [-0.25, -0.2) is 8.78 Å². The first-order valence-electron chi connectivity index (χ1n) is 6.63. The lowest BCUT2D eigenvalue weighted by Crippen LogP contribution is -2.26. The van der Waals surface area contributed by atoms with E-state index in [1.165, 1.54) is 17.8 Å². The molecule has 0 aliphatic rings. The normalized spacial score (nSPS) is 10.3. The Kier molecular flexibility index (Phi) is 8.27. The number of halogens is 2. The number of carboxylic acid groups (broad SMARTS) is 1. The zero-order chi connectivity index (χ0) is 16.4. The Morgan fingerprint density at radius 3 is 2.77 bits per heavy atom. The maximum Gasteiger partial charge on any atom is 0.313 e. The highest BCUT2D eigenvalue weighted by Gasteiger charge is 2.06. The summed E-state index contributed by atoms with van der Waals surface area (Å²) in [5.74, 6) is -2.04. The Labute approximate surface area is 131 Å². The zero-order valence-corrected chi connectivity index (χ0v) is 12.6. The molecule has 0 aromatic heterocycles. The molecule has 0 aliphatic carbocycles. The van der Waals surface area contributed by atoms with Crippen molar-refractivity contribution in [1.29, 1.82) is 0 Å². The third-order valence-corrected chi connectivity index (χ3v) is 3.44. The van der Waals surface area contributed by atoms with Gasteiger partial charge in [0.25, 0.3) is 0 Å². The lowest BCUT2D eigenvalue weighted by molar-refractivity contribution is -0.133. The monoisotopic (exact) mass is 333 g/mol. The second-order valence-electron chi connectivity index (χ2n) is 4.32. The third kappa shape index (κ3) is 7.82. The van der Waals surface area contributed by atoms with Gasteiger partial charge in [0.2, 0.25) is 5.91 Å². The van der Waals surface area contributed by atoms with E-state index in [-0.39, 0.29) is 30.4 Å². The van der Waals surface area contributed by atoms with Crippen LogP contribution in [0.2, 0.25) is 0 Å². The van der Waals surface area contributed by atoms with Gasteiger partial charge in [-0.2, -0.15) is 0 Å². The number of hydrogen-bond donors (Lipinski definition) is 2. The standard InChI is InChI=1S/C14H17F2NO4S/c15-10-3-4-12(11(16)8-10)21-6-1-2-13(18)17-5-7-22-9-14(19)20/h3-4,8H,1-2,5-7,9H2,(H,17,18)(H,19,20). The molecule has 22 heavy (non-hydrogen) atoms. The first-order valence-corrected chi connectivity index (χ1v) is 7.78. The summed E-state index contributed by atoms with van der Waals surface area (Å²) in [5, 5.41) is 11.1. The summed E-state index contributed by atoms with van der Waals surface area (Å²) in [5.41, 5.74) is 0. The van der Waals surface area contributed by atoms with Crippen molar-refractivity contribution in [3.8, 4) is 5.75 Å². The highest BCUT2D eigenvalue weighted by molar-refractivity contribution is 7.99. The van der Waals surface area contributed by atoms with Crippen molar-refractivity contribution in [3.63, 3.8) is 0 Å². The van der Waals surface area contributed by atoms with Crippen molar-refractivity contribution in [1.82, 2.24) is 5.32 Å². The van der Waals surface area contributed by atoms with E-state index in [2.05, 4.69) is 5.32 Å². The maximum atomic E-state index is 13.2. The van der Waals surface area contributed by atoms with Crippen molar-refractivity contribution < 1.29 is 28.2 Å². The molecule has 2 N–H and O–H groups in total. The molecule has 1 aromatic carbocycles. The molecule has 0 aliphatic heterocycles. The van der Waals surface area contributed by atoms with Gasteiger partial charge in [0.15, 0.2) is 11.6 Å². The number of thioether (sulfide) groups is 1. The summed E-state index contributed by atoms with van der Waals surface area (Å²) < 4.78 is 31.0. The minimum absolute atomic E-state index is 0.00689. The minimum atomic E-state index is -0.887. The van der Waals surface area contributed by atoms with Crippen LogP contribution in [0.25, 0.3) is 0 Å². The van der Waals surface area contributed by atoms with Crippen LogP contribution in [0, 0.1) is 11.6 Å². The topological polar surface area (TPSA) is 75.6 Å². The first kappa shape index (κ1) is 18.2. The predicted octanol–water partition coefficient (Wildman–Crippen LogP) is 2.06. The summed E-state index contributed by atoms with van der Waals surface area (Å²) in [6.07, 6.45) is 0.608. The molecule has 0 spiro atoms. The molecule has 122 valence electrons. The molecule has 1 amide bonds. The molecule has 0 atom stereocenters. The van der Waals surface area contributed by atoms with Crippen LogP contribution in [-0.4, -0.2) is 41.6 Å². The second-order valence-corrected chi connectivity index (χ2v) is 5.43. The lowest BCUT2D eigenvalue weighted by Gasteiger charge is -2.07. The Hall–Kier alpha value is -1.83. The van der Waals surface area contributed by atoms with E-state index in [1.54, 1.807) is 0 Å². The van der Waals surface area contributed by atoms with Crippen LogP contribution >= 0.6 is 11.8 Å². The number of carboxylic acids is 1. The molecule has 0 fully saturated rings. The lowest BCUT2D eigenvalue weighted by atomic mass is 10.3. The van der Waals surface area contributed by atoms with Crippen LogP contribution in [0.5, 0.6) is 5.75 Å². The number of carbonyl (C=O) groups is 2. The quantitative estimate of drug-likeness (QED) is 0.641. The fourth-order valence-corrected chi connectivity index (χ4v) is 2.08. The minimum Gasteiger partial charge on any atom is -0.491 e. The van der Waals surface area contributed by atoms with Crippen molar-refractivity contribution in [3.05, 3.63) is 29.8 Å². The van der Waals surface area contributed by atoms with Gasteiger partial charge in [-0.1, -0.05) is 0 Å². The fraction of sp³-hybridized carbons (Fsp3) is 0.429. The van der Waals surface area contributed by atoms with Crippen LogP contribution in [0.1, 0.15) is 12.8 Å². The van der Waals surface area contributed by atoms with Crippen molar-refractivity contribution in [2.75, 3.05) is 24.7 Å². The molecular formula is C14H17F2NO4S. The highest BCUT2D eigenvalue weighted by atomic mass is 32.2. The summed E-state index contributed by atoms with van der Waals surface area (Å²) in [6, 6.07) is 3.03. The number of rotatable bonds is 10. The number of nitrogens with one attached hydrogen (secondary N) is 1. The number of ether oxygens (including phenoxy) is 1. The van der Waals surface area contributed by atoms with Crippen LogP contribution in [0.3, 0.4) is 0 Å². The van der Waals surface area contributed by atoms with Gasteiger partial charge in [0.05, 0.1) is 12.4 Å². The summed E-state index contributed by atoms with van der Waals surface area (Å²) in [7, 11) is 0. The Balaban J connectivity index is 2.08. The smallest absolute Gasteiger partial charge is 0.313 e. The fourth-order valence-electron chi connectivity index (χ4n) is 1.52. The molecule has 0 heterocycles. The SMILES string of the molecule is O=C(O)CSCCNC(=O)CCCOc1ccc(F)cc1F. The van der Waals surface area contributed by atoms with Gasteiger partial charge in [0.1, 0.15) is 5.82 Å². The van der Waals surface area contributed by atoms with Gasteiger partial charge >= 0.3 is 5.97 Å². The van der Waals surface area contributed by atoms with Gasteiger partial charge < -0.3 is 15.2 Å². The van der Waals surface area contributed by atoms with Gasteiger partial charge in [-0.05, 0) is 18.6 Å². The number of benzene rings is 1. The average Bonchev–Trinajstić information content (AvgIpc) is 2.44. The Morgan fingerprint density at radius 2 is 2.09 bits per heavy atom. The molecule has 0 bridgehead atoms. The molecule has 1 aromatic rings. The largest absolute Gasteiger partial charge is 0.491 e. The molecule has 1 rings (SSSR count). The maximum absolute atomic E-state index is 13.2.